The first-order valence-electron chi connectivity index (χ1n) is 6.48. The molecule has 0 aromatic carbocycles. The van der Waals surface area contributed by atoms with E-state index in [1.165, 1.54) is 0 Å². The average molecular weight is 253 g/mol. The molecule has 0 saturated carbocycles. The Balaban J connectivity index is 2.58. The SMILES string of the molecule is C/C=C/C(=O)[C@@H]1CCCN(C(=O)OC(C)(C)C)C1. The molecule has 18 heavy (non-hydrogen) atoms. The first-order valence-corrected chi connectivity index (χ1v) is 6.48. The number of rotatable bonds is 2. The van der Waals surface area contributed by atoms with Crippen molar-refractivity contribution in [2.75, 3.05) is 13.1 Å². The predicted molar refractivity (Wildman–Crippen MR) is 70.4 cm³/mol. The number of nitrogens with zero attached hydrogens (tertiary/aromatic N) is 1. The van der Waals surface area contributed by atoms with Crippen molar-refractivity contribution in [1.82, 2.24) is 4.90 Å². The molecular weight excluding hydrogens is 230 g/mol. The molecule has 1 aliphatic rings. The van der Waals surface area contributed by atoms with E-state index >= 15 is 0 Å². The van der Waals surface area contributed by atoms with Gasteiger partial charge >= 0.3 is 6.09 Å². The van der Waals surface area contributed by atoms with Gasteiger partial charge in [0.05, 0.1) is 0 Å². The van der Waals surface area contributed by atoms with Gasteiger partial charge in [0.15, 0.2) is 5.78 Å². The van der Waals surface area contributed by atoms with Gasteiger partial charge < -0.3 is 9.64 Å². The van der Waals surface area contributed by atoms with Crippen LogP contribution in [0.2, 0.25) is 0 Å². The molecule has 1 amide bonds. The topological polar surface area (TPSA) is 46.6 Å². The second-order valence-electron chi connectivity index (χ2n) is 5.67. The number of likely N-dealkylation sites (tertiary alicyclic amines) is 1. The van der Waals surface area contributed by atoms with Crippen LogP contribution in [0.1, 0.15) is 40.5 Å². The average Bonchev–Trinajstić information content (AvgIpc) is 2.27. The number of piperidine rings is 1. The van der Waals surface area contributed by atoms with Crippen molar-refractivity contribution in [3.8, 4) is 0 Å². The maximum absolute atomic E-state index is 11.9. The molecule has 0 N–H and O–H groups in total. The normalized spacial score (nSPS) is 21.1. The fourth-order valence-electron chi connectivity index (χ4n) is 2.00. The summed E-state index contributed by atoms with van der Waals surface area (Å²) < 4.78 is 5.32. The van der Waals surface area contributed by atoms with E-state index in [1.807, 2.05) is 27.7 Å². The van der Waals surface area contributed by atoms with Crippen molar-refractivity contribution in [2.45, 2.75) is 46.1 Å². The van der Waals surface area contributed by atoms with Crippen LogP contribution in [0.25, 0.3) is 0 Å². The zero-order valence-electron chi connectivity index (χ0n) is 11.7. The highest BCUT2D eigenvalue weighted by molar-refractivity contribution is 5.92. The van der Waals surface area contributed by atoms with E-state index in [-0.39, 0.29) is 17.8 Å². The number of hydrogen-bond acceptors (Lipinski definition) is 3. The summed E-state index contributed by atoms with van der Waals surface area (Å²) in [5.41, 5.74) is -0.489. The second kappa shape index (κ2) is 6.03. The van der Waals surface area contributed by atoms with Gasteiger partial charge in [-0.05, 0) is 46.6 Å². The molecule has 1 fully saturated rings. The second-order valence-corrected chi connectivity index (χ2v) is 5.67. The van der Waals surface area contributed by atoms with Crippen LogP contribution in [-0.2, 0) is 9.53 Å². The molecule has 0 bridgehead atoms. The van der Waals surface area contributed by atoms with E-state index in [1.54, 1.807) is 17.1 Å². The maximum Gasteiger partial charge on any atom is 0.410 e. The minimum Gasteiger partial charge on any atom is -0.444 e. The molecule has 0 aliphatic carbocycles. The summed E-state index contributed by atoms with van der Waals surface area (Å²) in [5, 5.41) is 0. The molecule has 1 rings (SSSR count). The lowest BCUT2D eigenvalue weighted by Crippen LogP contribution is -2.44. The van der Waals surface area contributed by atoms with Crippen molar-refractivity contribution >= 4 is 11.9 Å². The molecule has 0 spiro atoms. The fraction of sp³-hybridized carbons (Fsp3) is 0.714. The first kappa shape index (κ1) is 14.7. The number of carbonyl (C=O) groups excluding carboxylic acids is 2. The zero-order chi connectivity index (χ0) is 13.8. The fourth-order valence-corrected chi connectivity index (χ4v) is 2.00. The first-order chi connectivity index (χ1) is 8.33. The van der Waals surface area contributed by atoms with Gasteiger partial charge in [-0.15, -0.1) is 0 Å². The van der Waals surface area contributed by atoms with Crippen molar-refractivity contribution in [2.24, 2.45) is 5.92 Å². The Morgan fingerprint density at radius 1 is 1.33 bits per heavy atom. The van der Waals surface area contributed by atoms with Gasteiger partial charge in [0, 0.05) is 19.0 Å². The summed E-state index contributed by atoms with van der Waals surface area (Å²) in [7, 11) is 0. The number of allylic oxidation sites excluding steroid dienone is 2. The number of ether oxygens (including phenoxy) is 1. The Bertz CT molecular complexity index is 341. The molecule has 1 aliphatic heterocycles. The van der Waals surface area contributed by atoms with E-state index in [0.717, 1.165) is 12.8 Å². The molecule has 0 aromatic rings. The van der Waals surface area contributed by atoms with Gasteiger partial charge in [-0.3, -0.25) is 4.79 Å². The molecule has 102 valence electrons. The lowest BCUT2D eigenvalue weighted by molar-refractivity contribution is -0.119. The van der Waals surface area contributed by atoms with Gasteiger partial charge in [0.2, 0.25) is 0 Å². The lowest BCUT2D eigenvalue weighted by atomic mass is 9.94. The Hall–Kier alpha value is -1.32. The minimum atomic E-state index is -0.489. The summed E-state index contributed by atoms with van der Waals surface area (Å²) in [4.78, 5) is 25.3. The van der Waals surface area contributed by atoms with Crippen LogP contribution in [0.15, 0.2) is 12.2 Å². The smallest absolute Gasteiger partial charge is 0.410 e. The minimum absolute atomic E-state index is 0.0810. The zero-order valence-corrected chi connectivity index (χ0v) is 11.7. The standard InChI is InChI=1S/C14H23NO3/c1-5-7-12(16)11-8-6-9-15(10-11)13(17)18-14(2,3)4/h5,7,11H,6,8-10H2,1-4H3/b7-5+/t11-/m1/s1. The lowest BCUT2D eigenvalue weighted by Gasteiger charge is -2.33. The molecule has 1 heterocycles. The maximum atomic E-state index is 11.9. The van der Waals surface area contributed by atoms with E-state index in [0.29, 0.717) is 13.1 Å². The summed E-state index contributed by atoms with van der Waals surface area (Å²) in [6.07, 6.45) is 4.72. The highest BCUT2D eigenvalue weighted by Gasteiger charge is 2.29. The third-order valence-electron chi connectivity index (χ3n) is 2.81. The largest absolute Gasteiger partial charge is 0.444 e. The van der Waals surface area contributed by atoms with Crippen LogP contribution < -0.4 is 0 Å². The van der Waals surface area contributed by atoms with Crippen LogP contribution >= 0.6 is 0 Å². The summed E-state index contributed by atoms with van der Waals surface area (Å²) in [6, 6.07) is 0. The highest BCUT2D eigenvalue weighted by atomic mass is 16.6. The van der Waals surface area contributed by atoms with Crippen molar-refractivity contribution in [3.63, 3.8) is 0 Å². The van der Waals surface area contributed by atoms with Gasteiger partial charge in [-0.2, -0.15) is 0 Å². The molecule has 0 radical (unpaired) electrons. The van der Waals surface area contributed by atoms with Gasteiger partial charge in [-0.1, -0.05) is 6.08 Å². The molecule has 1 atom stereocenters. The molecule has 1 saturated heterocycles. The van der Waals surface area contributed by atoms with Crippen LogP contribution in [0, 0.1) is 5.92 Å². The molecule has 0 unspecified atom stereocenters. The van der Waals surface area contributed by atoms with E-state index < -0.39 is 5.60 Å². The summed E-state index contributed by atoms with van der Waals surface area (Å²) in [6.45, 7) is 8.50. The summed E-state index contributed by atoms with van der Waals surface area (Å²) >= 11 is 0. The van der Waals surface area contributed by atoms with Crippen LogP contribution in [0.5, 0.6) is 0 Å². The Kier molecular flexibility index (Phi) is 4.93. The third-order valence-corrected chi connectivity index (χ3v) is 2.81. The van der Waals surface area contributed by atoms with Crippen molar-refractivity contribution in [1.29, 1.82) is 0 Å². The van der Waals surface area contributed by atoms with E-state index in [9.17, 15) is 9.59 Å². The van der Waals surface area contributed by atoms with Gasteiger partial charge in [-0.25, -0.2) is 4.79 Å². The van der Waals surface area contributed by atoms with E-state index in [2.05, 4.69) is 0 Å². The van der Waals surface area contributed by atoms with Crippen LogP contribution in [0.3, 0.4) is 0 Å². The number of ketones is 1. The molecule has 4 nitrogen and oxygen atoms in total. The third kappa shape index (κ3) is 4.51. The van der Waals surface area contributed by atoms with Gasteiger partial charge in [0.1, 0.15) is 5.60 Å². The van der Waals surface area contributed by atoms with E-state index in [4.69, 9.17) is 4.74 Å². The number of amides is 1. The number of hydrogen-bond donors (Lipinski definition) is 0. The molecule has 4 heteroatoms. The van der Waals surface area contributed by atoms with Crippen LogP contribution in [0.4, 0.5) is 4.79 Å². The van der Waals surface area contributed by atoms with Crippen molar-refractivity contribution in [3.05, 3.63) is 12.2 Å². The van der Waals surface area contributed by atoms with Crippen LogP contribution in [-0.4, -0.2) is 35.5 Å². The monoisotopic (exact) mass is 253 g/mol. The quantitative estimate of drug-likeness (QED) is 0.711. The van der Waals surface area contributed by atoms with Crippen molar-refractivity contribution < 1.29 is 14.3 Å². The number of carbonyl (C=O) groups is 2. The molecular formula is C14H23NO3. The Labute approximate surface area is 109 Å². The molecule has 0 aromatic heterocycles. The van der Waals surface area contributed by atoms with Gasteiger partial charge in [0.25, 0.3) is 0 Å². The predicted octanol–water partition coefficient (Wildman–Crippen LogP) is 2.78. The highest BCUT2D eigenvalue weighted by Crippen LogP contribution is 2.20. The summed E-state index contributed by atoms with van der Waals surface area (Å²) in [5.74, 6) is 0.0215. The Morgan fingerprint density at radius 3 is 2.56 bits per heavy atom. The Morgan fingerprint density at radius 2 is 2.00 bits per heavy atom.